The SMILES string of the molecule is CN(C)c1ccc2c(-c3cc(C(=O)NCCNC(=O)CCc4ccc(OP(=O)([O-])O)cc4)ccc3C(=O)[O-])c3ccc(=[N+](C)C)cc-3oc2c1. The van der Waals surface area contributed by atoms with Gasteiger partial charge in [-0.1, -0.05) is 18.2 Å². The van der Waals surface area contributed by atoms with E-state index in [0.29, 0.717) is 39.8 Å². The van der Waals surface area contributed by atoms with Crippen LogP contribution in [0.2, 0.25) is 0 Å². The predicted molar refractivity (Wildman–Crippen MR) is 185 cm³/mol. The highest BCUT2D eigenvalue weighted by molar-refractivity contribution is 7.45. The number of rotatable bonds is 12. The summed E-state index contributed by atoms with van der Waals surface area (Å²) in [6.07, 6.45) is 0.503. The second-order valence-corrected chi connectivity index (χ2v) is 13.1. The van der Waals surface area contributed by atoms with Crippen molar-refractivity contribution >= 4 is 42.3 Å². The smallest absolute Gasteiger partial charge is 0.317 e. The molecule has 2 amide bonds. The van der Waals surface area contributed by atoms with Crippen LogP contribution in [0.3, 0.4) is 0 Å². The van der Waals surface area contributed by atoms with E-state index in [4.69, 9.17) is 9.31 Å². The van der Waals surface area contributed by atoms with Gasteiger partial charge in [0.2, 0.25) is 11.3 Å². The molecule has 0 spiro atoms. The molecule has 3 aromatic rings. The fourth-order valence-corrected chi connectivity index (χ4v) is 5.85. The van der Waals surface area contributed by atoms with Crippen LogP contribution in [0, 0.1) is 0 Å². The molecular formula is C36H36N4O9P-. The van der Waals surface area contributed by atoms with E-state index in [1.54, 1.807) is 12.1 Å². The third-order valence-corrected chi connectivity index (χ3v) is 8.45. The first-order valence-corrected chi connectivity index (χ1v) is 17.1. The fourth-order valence-electron chi connectivity index (χ4n) is 5.46. The first-order valence-electron chi connectivity index (χ1n) is 15.6. The zero-order valence-corrected chi connectivity index (χ0v) is 28.8. The maximum Gasteiger partial charge on any atom is 0.317 e. The van der Waals surface area contributed by atoms with Gasteiger partial charge in [-0.3, -0.25) is 14.2 Å². The molecule has 2 aliphatic rings. The summed E-state index contributed by atoms with van der Waals surface area (Å²) in [6.45, 7) is 0.260. The molecule has 5 rings (SSSR count). The van der Waals surface area contributed by atoms with E-state index >= 15 is 0 Å². The van der Waals surface area contributed by atoms with E-state index in [2.05, 4.69) is 15.2 Å². The normalized spacial score (nSPS) is 12.3. The minimum Gasteiger partial charge on any atom is -0.746 e. The van der Waals surface area contributed by atoms with Gasteiger partial charge in [0.15, 0.2) is 0 Å². The molecule has 0 radical (unpaired) electrons. The third kappa shape index (κ3) is 8.56. The predicted octanol–water partition coefficient (Wildman–Crippen LogP) is 1.98. The van der Waals surface area contributed by atoms with Gasteiger partial charge in [0.1, 0.15) is 31.2 Å². The summed E-state index contributed by atoms with van der Waals surface area (Å²) >= 11 is 0. The number of carboxylic acids is 1. The molecule has 50 heavy (non-hydrogen) atoms. The first-order chi connectivity index (χ1) is 23.7. The van der Waals surface area contributed by atoms with Crippen LogP contribution in [0.4, 0.5) is 5.69 Å². The topological polar surface area (TPSA) is 187 Å². The van der Waals surface area contributed by atoms with E-state index in [1.807, 2.05) is 74.1 Å². The molecule has 3 aromatic carbocycles. The number of amides is 2. The number of hydrogen-bond acceptors (Lipinski definition) is 9. The molecule has 1 unspecified atom stereocenters. The summed E-state index contributed by atoms with van der Waals surface area (Å²) in [4.78, 5) is 59.6. The molecule has 0 aromatic heterocycles. The van der Waals surface area contributed by atoms with Gasteiger partial charge in [0, 0.05) is 79.1 Å². The number of hydrogen-bond donors (Lipinski definition) is 3. The molecule has 3 N–H and O–H groups in total. The molecule has 1 aliphatic heterocycles. The molecule has 0 saturated carbocycles. The Labute approximate surface area is 288 Å². The summed E-state index contributed by atoms with van der Waals surface area (Å²) in [5.41, 5.74) is 3.84. The van der Waals surface area contributed by atoms with Crippen molar-refractivity contribution < 1.29 is 42.8 Å². The largest absolute Gasteiger partial charge is 0.746 e. The maximum absolute atomic E-state index is 13.3. The van der Waals surface area contributed by atoms with Crippen molar-refractivity contribution in [1.82, 2.24) is 15.2 Å². The molecule has 1 aliphatic carbocycles. The Bertz CT molecular complexity index is 2170. The number of fused-ring (bicyclic) bond motifs is 2. The van der Waals surface area contributed by atoms with Crippen molar-refractivity contribution in [3.8, 4) is 28.2 Å². The molecule has 0 fully saturated rings. The molecular weight excluding hydrogens is 663 g/mol. The van der Waals surface area contributed by atoms with Crippen LogP contribution in [-0.2, 0) is 15.8 Å². The van der Waals surface area contributed by atoms with E-state index < -0.39 is 19.7 Å². The van der Waals surface area contributed by atoms with Crippen LogP contribution >= 0.6 is 7.82 Å². The number of nitrogens with one attached hydrogen (secondary N) is 2. The van der Waals surface area contributed by atoms with Crippen molar-refractivity contribution in [2.75, 3.05) is 46.2 Å². The first kappa shape index (κ1) is 35.8. The Hall–Kier alpha value is -5.49. The lowest BCUT2D eigenvalue weighted by Gasteiger charge is -2.20. The lowest BCUT2D eigenvalue weighted by atomic mass is 9.89. The van der Waals surface area contributed by atoms with Crippen LogP contribution < -0.4 is 40.0 Å². The Morgan fingerprint density at radius 1 is 0.920 bits per heavy atom. The van der Waals surface area contributed by atoms with Crippen molar-refractivity contribution in [3.63, 3.8) is 0 Å². The van der Waals surface area contributed by atoms with Gasteiger partial charge >= 0.3 is 7.82 Å². The van der Waals surface area contributed by atoms with E-state index in [1.165, 1.54) is 30.3 Å². The molecule has 14 heteroatoms. The van der Waals surface area contributed by atoms with Gasteiger partial charge in [-0.2, -0.15) is 0 Å². The number of nitrogens with zero attached hydrogens (tertiary/aromatic N) is 2. The van der Waals surface area contributed by atoms with E-state index in [-0.39, 0.29) is 42.3 Å². The Kier molecular flexibility index (Phi) is 10.7. The zero-order chi connectivity index (χ0) is 36.2. The van der Waals surface area contributed by atoms with Crippen molar-refractivity contribution in [2.45, 2.75) is 12.8 Å². The quantitative estimate of drug-likeness (QED) is 0.0753. The van der Waals surface area contributed by atoms with Crippen molar-refractivity contribution in [3.05, 3.63) is 101 Å². The zero-order valence-electron chi connectivity index (χ0n) is 27.9. The number of phosphoric ester groups is 1. The number of aryl methyl sites for hydroxylation is 1. The average molecular weight is 700 g/mol. The lowest BCUT2D eigenvalue weighted by Crippen LogP contribution is -2.34. The molecule has 0 bridgehead atoms. The second kappa shape index (κ2) is 15.0. The third-order valence-electron chi connectivity index (χ3n) is 8.01. The van der Waals surface area contributed by atoms with Crippen LogP contribution in [0.15, 0.2) is 83.3 Å². The average Bonchev–Trinajstić information content (AvgIpc) is 3.07. The minimum atomic E-state index is -4.90. The van der Waals surface area contributed by atoms with Gasteiger partial charge in [-0.25, -0.2) is 4.58 Å². The summed E-state index contributed by atoms with van der Waals surface area (Å²) in [6, 6.07) is 21.5. The van der Waals surface area contributed by atoms with Crippen LogP contribution in [-0.4, -0.2) is 64.0 Å². The number of carbonyl (C=O) groups excluding carboxylic acids is 3. The molecule has 1 heterocycles. The standard InChI is InChI=1S/C36H37N4O9P/c1-39(2)24-9-14-28-31(20-24)48-32-21-25(40(3)4)10-15-29(32)34(28)30-19-23(8-13-27(30)36(43)44)35(42)38-18-17-37-33(41)16-7-22-5-11-26(12-6-22)49-50(45,46)47/h5-6,8-15,19-21H,7,16-18H2,1-4H3,(H4-,37,38,41,42,43,44,45,46,47)/p-1. The molecule has 260 valence electrons. The second-order valence-electron chi connectivity index (χ2n) is 12.0. The van der Waals surface area contributed by atoms with Crippen LogP contribution in [0.5, 0.6) is 5.75 Å². The minimum absolute atomic E-state index is 0.0469. The summed E-state index contributed by atoms with van der Waals surface area (Å²) in [7, 11) is 2.73. The van der Waals surface area contributed by atoms with Gasteiger partial charge in [0.05, 0.1) is 12.0 Å². The summed E-state index contributed by atoms with van der Waals surface area (Å²) < 4.78 is 23.5. The van der Waals surface area contributed by atoms with Gasteiger partial charge in [-0.15, -0.1) is 0 Å². The summed E-state index contributed by atoms with van der Waals surface area (Å²) in [5, 5.41) is 19.4. The van der Waals surface area contributed by atoms with Crippen LogP contribution in [0.25, 0.3) is 33.4 Å². The number of carbonyl (C=O) groups is 3. The van der Waals surface area contributed by atoms with Gasteiger partial charge in [0.25, 0.3) is 5.91 Å². The number of phosphoric acid groups is 1. The summed E-state index contributed by atoms with van der Waals surface area (Å²) in [5.74, 6) is -1.63. The highest BCUT2D eigenvalue weighted by Gasteiger charge is 2.22. The Morgan fingerprint density at radius 2 is 1.64 bits per heavy atom. The monoisotopic (exact) mass is 699 g/mol. The van der Waals surface area contributed by atoms with Crippen LogP contribution in [0.1, 0.15) is 32.7 Å². The van der Waals surface area contributed by atoms with Gasteiger partial charge in [-0.05, 0) is 60.0 Å². The fraction of sp³-hybridized carbons (Fsp3) is 0.222. The Balaban J connectivity index is 1.33. The molecule has 1 atom stereocenters. The van der Waals surface area contributed by atoms with Crippen molar-refractivity contribution in [2.24, 2.45) is 0 Å². The number of aromatic carboxylic acids is 1. The number of carboxylic acid groups (broad SMARTS) is 1. The maximum atomic E-state index is 13.3. The highest BCUT2D eigenvalue weighted by Crippen LogP contribution is 2.42. The van der Waals surface area contributed by atoms with Crippen molar-refractivity contribution in [1.29, 1.82) is 0 Å². The number of benzene rings is 4. The van der Waals surface area contributed by atoms with Gasteiger partial charge < -0.3 is 44.2 Å². The van der Waals surface area contributed by atoms with E-state index in [0.717, 1.165) is 16.6 Å². The lowest BCUT2D eigenvalue weighted by molar-refractivity contribution is -0.255. The molecule has 0 saturated heterocycles. The highest BCUT2D eigenvalue weighted by atomic mass is 31.2. The molecule has 13 nitrogen and oxygen atoms in total. The Morgan fingerprint density at radius 3 is 2.30 bits per heavy atom. The van der Waals surface area contributed by atoms with E-state index in [9.17, 15) is 28.9 Å². The number of anilines is 1.